The molecule has 2 heterocycles. The Bertz CT molecular complexity index is 4340. The molecule has 0 bridgehead atoms. The zero-order valence-electron chi connectivity index (χ0n) is 39.9. The second-order valence-corrected chi connectivity index (χ2v) is 23.1. The minimum Gasteiger partial charge on any atom is -0.309 e. The van der Waals surface area contributed by atoms with E-state index in [2.05, 4.69) is 212 Å². The molecule has 3 nitrogen and oxygen atoms in total. The minimum atomic E-state index is -3.48. The number of hydrogen-bond acceptors (Lipinski definition) is 3. The summed E-state index contributed by atoms with van der Waals surface area (Å²) in [6.07, 6.45) is 24.4. The minimum absolute atomic E-state index is 0.0396. The number of nitrogens with zero attached hydrogens (tertiary/aromatic N) is 2. The van der Waals surface area contributed by atoms with Crippen LogP contribution in [0.4, 0.5) is 0 Å². The highest BCUT2D eigenvalue weighted by molar-refractivity contribution is 7.82. The fraction of sp³-hybridized carbons (Fsp3) is 0.118. The van der Waals surface area contributed by atoms with Gasteiger partial charge in [-0.1, -0.05) is 206 Å². The van der Waals surface area contributed by atoms with Crippen LogP contribution in [0.25, 0.3) is 87.7 Å². The maximum Gasteiger partial charge on any atom is 0.167 e. The third-order valence-corrected chi connectivity index (χ3v) is 19.8. The summed E-state index contributed by atoms with van der Waals surface area (Å²) < 4.78 is 17.3. The molecule has 5 aliphatic rings. The third kappa shape index (κ3) is 6.27. The van der Waals surface area contributed by atoms with E-state index in [0.717, 1.165) is 113 Å². The lowest BCUT2D eigenvalue weighted by Crippen LogP contribution is -2.43. The van der Waals surface area contributed by atoms with E-state index in [9.17, 15) is 0 Å². The zero-order chi connectivity index (χ0) is 47.5. The normalized spacial score (nSPS) is 19.0. The first-order valence-electron chi connectivity index (χ1n) is 25.7. The van der Waals surface area contributed by atoms with Crippen molar-refractivity contribution in [2.75, 3.05) is 0 Å². The van der Waals surface area contributed by atoms with Crippen LogP contribution >= 0.6 is 7.14 Å². The molecule has 15 rings (SSSR count). The number of benzene rings is 9. The molecule has 3 atom stereocenters. The van der Waals surface area contributed by atoms with Crippen molar-refractivity contribution in [1.29, 1.82) is 0 Å². The van der Waals surface area contributed by atoms with Gasteiger partial charge < -0.3 is 4.57 Å². The van der Waals surface area contributed by atoms with Gasteiger partial charge in [0.1, 0.15) is 0 Å². The van der Waals surface area contributed by atoms with Gasteiger partial charge in [0.25, 0.3) is 0 Å². The smallest absolute Gasteiger partial charge is 0.167 e. The molecule has 0 saturated heterocycles. The molecule has 0 spiro atoms. The standard InChI is InChI=1S/C68H49N2OP/c71-72(62-41-48-17-5-6-18-51(48)56-23-11-12-24-57(56)62,49-33-25-46(26-34-49)63-58-37-29-42-13-1-7-19-52(42)65(58)69-66-53-20-8-2-14-43(53)30-38-59(63)66)50-35-27-47(28-36-50)64-60-39-31-44-15-3-9-21-54(44)67(60)70-68-55-22-10-4-16-45(55)32-40-61(64)68/h1-2,5-14,17-27,29-35,37-41,60,67H,3-4,15-16,28,36H2. The molecule has 342 valence electrons. The van der Waals surface area contributed by atoms with Crippen LogP contribution in [0.1, 0.15) is 43.2 Å². The maximum absolute atomic E-state index is 17.3. The van der Waals surface area contributed by atoms with Gasteiger partial charge in [-0.2, -0.15) is 0 Å². The van der Waals surface area contributed by atoms with Gasteiger partial charge >= 0.3 is 0 Å². The van der Waals surface area contributed by atoms with Crippen molar-refractivity contribution < 1.29 is 4.57 Å². The molecule has 0 fully saturated rings. The highest BCUT2D eigenvalue weighted by Crippen LogP contribution is 2.57. The van der Waals surface area contributed by atoms with Crippen molar-refractivity contribution in [2.24, 2.45) is 10.9 Å². The van der Waals surface area contributed by atoms with Crippen LogP contribution < -0.4 is 21.2 Å². The Morgan fingerprint density at radius 3 is 1.93 bits per heavy atom. The number of allylic oxidation sites excluding steroid dienone is 8. The van der Waals surface area contributed by atoms with Gasteiger partial charge in [0.15, 0.2) is 7.14 Å². The van der Waals surface area contributed by atoms with E-state index >= 15 is 4.57 Å². The quantitative estimate of drug-likeness (QED) is 0.0980. The van der Waals surface area contributed by atoms with Gasteiger partial charge in [-0.15, -0.1) is 0 Å². The van der Waals surface area contributed by atoms with Crippen LogP contribution in [0.15, 0.2) is 233 Å². The molecular weight excluding hydrogens is 892 g/mol. The van der Waals surface area contributed by atoms with Crippen molar-refractivity contribution in [3.8, 4) is 11.1 Å². The topological polar surface area (TPSA) is 42.3 Å². The van der Waals surface area contributed by atoms with Gasteiger partial charge in [0.05, 0.1) is 22.4 Å². The van der Waals surface area contributed by atoms with E-state index in [1.165, 1.54) is 54.8 Å². The Balaban J connectivity index is 0.937. The van der Waals surface area contributed by atoms with Gasteiger partial charge in [0, 0.05) is 54.4 Å². The molecule has 72 heavy (non-hydrogen) atoms. The van der Waals surface area contributed by atoms with Crippen LogP contribution in [-0.2, 0) is 11.0 Å². The van der Waals surface area contributed by atoms with Gasteiger partial charge in [0.2, 0.25) is 0 Å². The first kappa shape index (κ1) is 41.8. The largest absolute Gasteiger partial charge is 0.309 e. The summed E-state index contributed by atoms with van der Waals surface area (Å²) in [7, 11) is -3.48. The molecule has 1 aromatic heterocycles. The lowest BCUT2D eigenvalue weighted by molar-refractivity contribution is 0.589. The van der Waals surface area contributed by atoms with Crippen LogP contribution in [0.5, 0.6) is 0 Å². The highest BCUT2D eigenvalue weighted by atomic mass is 31.2. The van der Waals surface area contributed by atoms with Crippen molar-refractivity contribution in [3.63, 3.8) is 0 Å². The Hall–Kier alpha value is -7.97. The molecule has 1 aliphatic heterocycles. The van der Waals surface area contributed by atoms with Crippen LogP contribution in [0, 0.1) is 5.92 Å². The summed E-state index contributed by atoms with van der Waals surface area (Å²) in [4.78, 5) is 11.1. The second-order valence-electron chi connectivity index (χ2n) is 20.3. The molecule has 0 amide bonds. The molecule has 9 aromatic carbocycles. The molecule has 3 unspecified atom stereocenters. The summed E-state index contributed by atoms with van der Waals surface area (Å²) in [5.41, 5.74) is 12.4. The van der Waals surface area contributed by atoms with E-state index in [0.29, 0.717) is 6.42 Å². The number of aryl methyl sites for hydroxylation is 1. The summed E-state index contributed by atoms with van der Waals surface area (Å²) in [5.74, 6) is 0.130. The fourth-order valence-corrected chi connectivity index (χ4v) is 16.1. The van der Waals surface area contributed by atoms with Gasteiger partial charge in [-0.25, -0.2) is 4.98 Å². The number of pyridine rings is 1. The highest BCUT2D eigenvalue weighted by Gasteiger charge is 2.38. The summed E-state index contributed by atoms with van der Waals surface area (Å²) in [5, 5.41) is 16.4. The van der Waals surface area contributed by atoms with E-state index in [1.807, 2.05) is 0 Å². The number of aromatic nitrogens is 1. The Morgan fingerprint density at radius 1 is 0.528 bits per heavy atom. The first-order valence-corrected chi connectivity index (χ1v) is 27.4. The molecule has 10 aromatic rings. The zero-order valence-corrected chi connectivity index (χ0v) is 40.7. The summed E-state index contributed by atoms with van der Waals surface area (Å²) in [6.45, 7) is 0. The molecular formula is C68H49N2OP. The van der Waals surface area contributed by atoms with E-state index in [4.69, 9.17) is 9.98 Å². The van der Waals surface area contributed by atoms with Gasteiger partial charge in [-0.3, -0.25) is 4.99 Å². The second kappa shape index (κ2) is 16.3. The van der Waals surface area contributed by atoms with Crippen molar-refractivity contribution >= 4 is 94.3 Å². The SMILES string of the molecule is O=P(C1=CC=C(C2=c3ccc4c(c3=NC3C5=C(C=CC23)CCC=C5)C=CCC4)CC1)(c1ccc(-c2c3ccc4ccccc4c3nc3c2ccc2ccccc23)cc1)c1cc2ccccc2c2ccccc12. The van der Waals surface area contributed by atoms with Crippen molar-refractivity contribution in [3.05, 3.63) is 250 Å². The van der Waals surface area contributed by atoms with E-state index in [1.54, 1.807) is 0 Å². The lowest BCUT2D eigenvalue weighted by Gasteiger charge is -2.36. The van der Waals surface area contributed by atoms with Gasteiger partial charge in [-0.05, 0) is 116 Å². The molecule has 4 heteroatoms. The number of rotatable bonds is 5. The van der Waals surface area contributed by atoms with Crippen LogP contribution in [0.3, 0.4) is 0 Å². The van der Waals surface area contributed by atoms with Crippen molar-refractivity contribution in [2.45, 2.75) is 44.6 Å². The Morgan fingerprint density at radius 2 is 1.19 bits per heavy atom. The summed E-state index contributed by atoms with van der Waals surface area (Å²) >= 11 is 0. The predicted molar refractivity (Wildman–Crippen MR) is 303 cm³/mol. The average Bonchev–Trinajstić information content (AvgIpc) is 3.45. The monoisotopic (exact) mass is 940 g/mol. The molecule has 0 saturated carbocycles. The van der Waals surface area contributed by atoms with Crippen molar-refractivity contribution in [1.82, 2.24) is 4.98 Å². The van der Waals surface area contributed by atoms with E-state index in [-0.39, 0.29) is 12.0 Å². The summed E-state index contributed by atoms with van der Waals surface area (Å²) in [6, 6.07) is 58.9. The molecule has 0 N–H and O–H groups in total. The average molecular weight is 941 g/mol. The molecule has 0 radical (unpaired) electrons. The number of fused-ring (bicyclic) bond motifs is 14. The Labute approximate surface area is 418 Å². The lowest BCUT2D eigenvalue weighted by atomic mass is 9.73. The fourth-order valence-electron chi connectivity index (χ4n) is 13.1. The van der Waals surface area contributed by atoms with Crippen LogP contribution in [-0.4, -0.2) is 11.0 Å². The maximum atomic E-state index is 17.3. The Kier molecular flexibility index (Phi) is 9.45. The predicted octanol–water partition coefficient (Wildman–Crippen LogP) is 15.2. The van der Waals surface area contributed by atoms with E-state index < -0.39 is 7.14 Å². The first-order chi connectivity index (χ1) is 35.6. The van der Waals surface area contributed by atoms with Crippen LogP contribution in [0.2, 0.25) is 0 Å². The number of hydrogen-bond donors (Lipinski definition) is 0. The third-order valence-electron chi connectivity index (χ3n) is 16.5. The molecule has 4 aliphatic carbocycles.